The minimum Gasteiger partial charge on any atom is -0.348 e. The summed E-state index contributed by atoms with van der Waals surface area (Å²) < 4.78 is 1.54. The summed E-state index contributed by atoms with van der Waals surface area (Å²) in [6.07, 6.45) is 0. The van der Waals surface area contributed by atoms with Crippen molar-refractivity contribution in [2.45, 2.75) is 13.5 Å². The van der Waals surface area contributed by atoms with Gasteiger partial charge in [-0.15, -0.1) is 0 Å². The molecule has 1 N–H and O–H groups in total. The Bertz CT molecular complexity index is 923. The number of aromatic nitrogens is 2. The molecule has 0 atom stereocenters. The predicted molar refractivity (Wildman–Crippen MR) is 101 cm³/mol. The SMILES string of the molecule is Cc1nn(-c2ccccc2)c(Cl)c1C(=O)NCc1ccc(Cl)cc1Cl. The van der Waals surface area contributed by atoms with Crippen molar-refractivity contribution in [3.05, 3.63) is 80.6 Å². The first-order valence-electron chi connectivity index (χ1n) is 7.50. The van der Waals surface area contributed by atoms with Crippen LogP contribution in [0, 0.1) is 6.92 Å². The van der Waals surface area contributed by atoms with Crippen LogP contribution in [0.1, 0.15) is 21.6 Å². The van der Waals surface area contributed by atoms with Gasteiger partial charge in [0.15, 0.2) is 0 Å². The summed E-state index contributed by atoms with van der Waals surface area (Å²) in [5, 5.41) is 8.49. The van der Waals surface area contributed by atoms with Crippen molar-refractivity contribution in [1.82, 2.24) is 15.1 Å². The number of rotatable bonds is 4. The summed E-state index contributed by atoms with van der Waals surface area (Å²) in [7, 11) is 0. The molecule has 7 heteroatoms. The molecule has 0 aliphatic rings. The number of benzene rings is 2. The summed E-state index contributed by atoms with van der Waals surface area (Å²) >= 11 is 18.4. The van der Waals surface area contributed by atoms with E-state index in [1.807, 2.05) is 30.3 Å². The van der Waals surface area contributed by atoms with E-state index in [0.29, 0.717) is 21.3 Å². The highest BCUT2D eigenvalue weighted by atomic mass is 35.5. The molecule has 0 aliphatic carbocycles. The zero-order valence-corrected chi connectivity index (χ0v) is 15.5. The Morgan fingerprint density at radius 3 is 2.52 bits per heavy atom. The Hall–Kier alpha value is -2.01. The van der Waals surface area contributed by atoms with Gasteiger partial charge in [-0.1, -0.05) is 59.1 Å². The average molecular weight is 395 g/mol. The number of halogens is 3. The lowest BCUT2D eigenvalue weighted by atomic mass is 10.2. The minimum atomic E-state index is -0.310. The molecule has 0 saturated carbocycles. The Labute approximate surface area is 160 Å². The zero-order valence-electron chi connectivity index (χ0n) is 13.3. The maximum atomic E-state index is 12.6. The smallest absolute Gasteiger partial charge is 0.256 e. The van der Waals surface area contributed by atoms with Crippen LogP contribution in [0.5, 0.6) is 0 Å². The molecule has 1 heterocycles. The van der Waals surface area contributed by atoms with Crippen molar-refractivity contribution in [2.75, 3.05) is 0 Å². The molecule has 25 heavy (non-hydrogen) atoms. The fourth-order valence-corrected chi connectivity index (χ4v) is 3.26. The number of nitrogens with zero attached hydrogens (tertiary/aromatic N) is 2. The number of carbonyl (C=O) groups is 1. The van der Waals surface area contributed by atoms with Crippen molar-refractivity contribution >= 4 is 40.7 Å². The third kappa shape index (κ3) is 3.82. The summed E-state index contributed by atoms with van der Waals surface area (Å²) in [6.45, 7) is 2.01. The van der Waals surface area contributed by atoms with Crippen LogP contribution in [0.2, 0.25) is 15.2 Å². The van der Waals surface area contributed by atoms with Gasteiger partial charge in [-0.25, -0.2) is 4.68 Å². The molecule has 0 aliphatic heterocycles. The van der Waals surface area contributed by atoms with Crippen LogP contribution in [-0.4, -0.2) is 15.7 Å². The van der Waals surface area contributed by atoms with Gasteiger partial charge in [-0.3, -0.25) is 4.79 Å². The Morgan fingerprint density at radius 1 is 1.12 bits per heavy atom. The fourth-order valence-electron chi connectivity index (χ4n) is 2.43. The van der Waals surface area contributed by atoms with Crippen LogP contribution in [0.15, 0.2) is 48.5 Å². The molecule has 3 aromatic rings. The van der Waals surface area contributed by atoms with Crippen molar-refractivity contribution < 1.29 is 4.79 Å². The van der Waals surface area contributed by atoms with E-state index in [1.165, 1.54) is 0 Å². The number of amides is 1. The number of carbonyl (C=O) groups excluding carboxylic acids is 1. The Kier molecular flexibility index (Phi) is 5.33. The molecule has 0 bridgehead atoms. The molecular formula is C18H14Cl3N3O. The zero-order chi connectivity index (χ0) is 18.0. The van der Waals surface area contributed by atoms with E-state index in [9.17, 15) is 4.79 Å². The molecule has 2 aromatic carbocycles. The molecule has 4 nitrogen and oxygen atoms in total. The van der Waals surface area contributed by atoms with Gasteiger partial charge in [0, 0.05) is 16.6 Å². The lowest BCUT2D eigenvalue weighted by molar-refractivity contribution is 0.0950. The molecule has 1 aromatic heterocycles. The van der Waals surface area contributed by atoms with E-state index in [2.05, 4.69) is 10.4 Å². The topological polar surface area (TPSA) is 46.9 Å². The largest absolute Gasteiger partial charge is 0.348 e. The molecule has 0 radical (unpaired) electrons. The second-order valence-electron chi connectivity index (χ2n) is 5.42. The molecular weight excluding hydrogens is 381 g/mol. The highest BCUT2D eigenvalue weighted by Gasteiger charge is 2.21. The van der Waals surface area contributed by atoms with Gasteiger partial charge < -0.3 is 5.32 Å². The second-order valence-corrected chi connectivity index (χ2v) is 6.62. The number of para-hydroxylation sites is 1. The number of hydrogen-bond acceptors (Lipinski definition) is 2. The van der Waals surface area contributed by atoms with Crippen LogP contribution in [0.3, 0.4) is 0 Å². The van der Waals surface area contributed by atoms with E-state index >= 15 is 0 Å². The minimum absolute atomic E-state index is 0.265. The summed E-state index contributed by atoms with van der Waals surface area (Å²) in [4.78, 5) is 12.6. The van der Waals surface area contributed by atoms with Crippen LogP contribution >= 0.6 is 34.8 Å². The number of hydrogen-bond donors (Lipinski definition) is 1. The lowest BCUT2D eigenvalue weighted by Crippen LogP contribution is -2.23. The molecule has 3 rings (SSSR count). The maximum Gasteiger partial charge on any atom is 0.256 e. The van der Waals surface area contributed by atoms with E-state index in [4.69, 9.17) is 34.8 Å². The van der Waals surface area contributed by atoms with E-state index in [-0.39, 0.29) is 17.6 Å². The monoisotopic (exact) mass is 393 g/mol. The summed E-state index contributed by atoms with van der Waals surface area (Å²) in [5.41, 5.74) is 2.45. The van der Waals surface area contributed by atoms with Crippen LogP contribution < -0.4 is 5.32 Å². The Balaban J connectivity index is 1.82. The molecule has 0 unspecified atom stereocenters. The second kappa shape index (κ2) is 7.48. The maximum absolute atomic E-state index is 12.6. The van der Waals surface area contributed by atoms with Crippen molar-refractivity contribution in [3.63, 3.8) is 0 Å². The van der Waals surface area contributed by atoms with Gasteiger partial charge in [-0.05, 0) is 36.8 Å². The van der Waals surface area contributed by atoms with Gasteiger partial charge in [0.25, 0.3) is 5.91 Å². The normalized spacial score (nSPS) is 10.7. The Morgan fingerprint density at radius 2 is 1.84 bits per heavy atom. The first kappa shape index (κ1) is 17.8. The molecule has 0 spiro atoms. The highest BCUT2D eigenvalue weighted by Crippen LogP contribution is 2.24. The number of aryl methyl sites for hydroxylation is 1. The number of nitrogens with one attached hydrogen (secondary N) is 1. The predicted octanol–water partition coefficient (Wildman–Crippen LogP) is 5.07. The fraction of sp³-hybridized carbons (Fsp3) is 0.111. The van der Waals surface area contributed by atoms with E-state index in [1.54, 1.807) is 29.8 Å². The van der Waals surface area contributed by atoms with Crippen LogP contribution in [-0.2, 0) is 6.54 Å². The first-order valence-corrected chi connectivity index (χ1v) is 8.63. The van der Waals surface area contributed by atoms with Crippen LogP contribution in [0.25, 0.3) is 5.69 Å². The molecule has 1 amide bonds. The third-order valence-electron chi connectivity index (χ3n) is 3.69. The quantitative estimate of drug-likeness (QED) is 0.671. The van der Waals surface area contributed by atoms with Crippen molar-refractivity contribution in [2.24, 2.45) is 0 Å². The van der Waals surface area contributed by atoms with Gasteiger partial charge in [0.2, 0.25) is 0 Å². The van der Waals surface area contributed by atoms with Crippen molar-refractivity contribution in [1.29, 1.82) is 0 Å². The van der Waals surface area contributed by atoms with E-state index < -0.39 is 0 Å². The lowest BCUT2D eigenvalue weighted by Gasteiger charge is -2.07. The highest BCUT2D eigenvalue weighted by molar-refractivity contribution is 6.35. The first-order chi connectivity index (χ1) is 12.0. The van der Waals surface area contributed by atoms with Gasteiger partial charge >= 0.3 is 0 Å². The average Bonchev–Trinajstić information content (AvgIpc) is 2.89. The van der Waals surface area contributed by atoms with Gasteiger partial charge in [-0.2, -0.15) is 5.10 Å². The van der Waals surface area contributed by atoms with Crippen molar-refractivity contribution in [3.8, 4) is 5.69 Å². The summed E-state index contributed by atoms with van der Waals surface area (Å²) in [5.74, 6) is -0.310. The third-order valence-corrected chi connectivity index (χ3v) is 4.62. The van der Waals surface area contributed by atoms with Gasteiger partial charge in [0.05, 0.1) is 16.9 Å². The van der Waals surface area contributed by atoms with Gasteiger partial charge in [0.1, 0.15) is 5.15 Å². The molecule has 0 fully saturated rings. The molecule has 0 saturated heterocycles. The summed E-state index contributed by atoms with van der Waals surface area (Å²) in [6, 6.07) is 14.5. The molecule has 128 valence electrons. The van der Waals surface area contributed by atoms with Crippen LogP contribution in [0.4, 0.5) is 0 Å². The van der Waals surface area contributed by atoms with E-state index in [0.717, 1.165) is 11.3 Å². The standard InChI is InChI=1S/C18H14Cl3N3O/c1-11-16(17(21)24(23-11)14-5-3-2-4-6-14)18(25)22-10-12-7-8-13(19)9-15(12)20/h2-9H,10H2,1H3,(H,22,25).